The van der Waals surface area contributed by atoms with Crippen LogP contribution in [0, 0.1) is 23.0 Å². The summed E-state index contributed by atoms with van der Waals surface area (Å²) in [5, 5.41) is 18.8. The van der Waals surface area contributed by atoms with Crippen LogP contribution in [0.1, 0.15) is 37.6 Å². The molecule has 1 saturated carbocycles. The van der Waals surface area contributed by atoms with Crippen LogP contribution in [0.3, 0.4) is 0 Å². The minimum Gasteiger partial charge on any atom is -0.473 e. The Labute approximate surface area is 217 Å². The highest BCUT2D eigenvalue weighted by molar-refractivity contribution is 5.72. The first-order valence-corrected chi connectivity index (χ1v) is 11.9. The molecule has 2 atom stereocenters. The van der Waals surface area contributed by atoms with Crippen molar-refractivity contribution in [1.82, 2.24) is 25.0 Å². The summed E-state index contributed by atoms with van der Waals surface area (Å²) in [6.45, 7) is 3.66. The monoisotopic (exact) mass is 526 g/mol. The van der Waals surface area contributed by atoms with Crippen LogP contribution in [0.15, 0.2) is 30.5 Å². The molecule has 14 nitrogen and oxygen atoms in total. The third kappa shape index (κ3) is 6.19. The van der Waals surface area contributed by atoms with E-state index in [4.69, 9.17) is 18.9 Å². The summed E-state index contributed by atoms with van der Waals surface area (Å²) in [7, 11) is 1.63. The maximum Gasteiger partial charge on any atom is 0.514 e. The minimum atomic E-state index is -1.00. The summed E-state index contributed by atoms with van der Waals surface area (Å²) in [6.07, 6.45) is 2.30. The largest absolute Gasteiger partial charge is 0.514 e. The molecule has 3 aromatic rings. The second-order valence-electron chi connectivity index (χ2n) is 8.55. The maximum absolute atomic E-state index is 12.1. The first-order valence-electron chi connectivity index (χ1n) is 11.9. The topological polar surface area (TPSA) is 171 Å². The number of aromatic nitrogens is 5. The molecule has 1 aromatic carbocycles. The first-order chi connectivity index (χ1) is 18.2. The number of rotatable bonds is 9. The molecule has 1 fully saturated rings. The van der Waals surface area contributed by atoms with Crippen molar-refractivity contribution in [2.24, 2.45) is 13.0 Å². The van der Waals surface area contributed by atoms with Crippen molar-refractivity contribution in [3.63, 3.8) is 0 Å². The number of nitro benzene ring substituents is 1. The number of carbonyl (C=O) groups excluding carboxylic acids is 2. The summed E-state index contributed by atoms with van der Waals surface area (Å²) in [5.41, 5.74) is 1.61. The van der Waals surface area contributed by atoms with Gasteiger partial charge in [0.1, 0.15) is 41.2 Å². The second kappa shape index (κ2) is 11.6. The zero-order chi connectivity index (χ0) is 27.2. The lowest BCUT2D eigenvalue weighted by Gasteiger charge is -2.15. The van der Waals surface area contributed by atoms with Crippen molar-refractivity contribution in [3.05, 3.63) is 52.0 Å². The molecule has 0 spiro atoms. The van der Waals surface area contributed by atoms with Crippen LogP contribution in [-0.2, 0) is 27.9 Å². The lowest BCUT2D eigenvalue weighted by Crippen LogP contribution is -2.19. The Morgan fingerprint density at radius 1 is 1.18 bits per heavy atom. The van der Waals surface area contributed by atoms with Gasteiger partial charge in [-0.05, 0) is 45.2 Å². The van der Waals surface area contributed by atoms with Crippen LogP contribution < -0.4 is 9.47 Å². The molecule has 0 amide bonds. The lowest BCUT2D eigenvalue weighted by molar-refractivity contribution is -0.384. The van der Waals surface area contributed by atoms with E-state index in [1.54, 1.807) is 20.9 Å². The molecule has 2 heterocycles. The zero-order valence-corrected chi connectivity index (χ0v) is 21.0. The van der Waals surface area contributed by atoms with Gasteiger partial charge in [0.25, 0.3) is 5.69 Å². The van der Waals surface area contributed by atoms with Gasteiger partial charge < -0.3 is 18.9 Å². The summed E-state index contributed by atoms with van der Waals surface area (Å²) < 4.78 is 22.8. The van der Waals surface area contributed by atoms with Crippen molar-refractivity contribution in [2.45, 2.75) is 45.8 Å². The standard InChI is InChI=1S/C24H26N6O8/c1-4-35-23(31)15-5-8-18(11-15)37-22-14(2)26-19(12-25-22)21-20(29(3)28-27-21)13-36-24(32)38-17-9-6-16(7-10-17)30(33)34/h6-7,9-10,12,15,18H,4-5,8,11,13H2,1-3H3/t15-,18-/m0/s1. The van der Waals surface area contributed by atoms with Crippen molar-refractivity contribution >= 4 is 17.8 Å². The normalized spacial score (nSPS) is 16.6. The number of non-ortho nitro benzene ring substituents is 1. The SMILES string of the molecule is CCOC(=O)[C@H]1CC[C@H](Oc2ncc(-c3nnn(C)c3COC(=O)Oc3ccc([N+](=O)[O-])cc3)nc2C)C1. The molecule has 0 aliphatic heterocycles. The third-order valence-electron chi connectivity index (χ3n) is 5.95. The van der Waals surface area contributed by atoms with Gasteiger partial charge in [0.05, 0.1) is 23.6 Å². The van der Waals surface area contributed by atoms with Gasteiger partial charge in [0, 0.05) is 19.2 Å². The van der Waals surface area contributed by atoms with E-state index in [0.717, 1.165) is 0 Å². The molecule has 0 unspecified atom stereocenters. The van der Waals surface area contributed by atoms with E-state index in [-0.39, 0.29) is 36.0 Å². The number of hydrogen-bond donors (Lipinski definition) is 0. The molecule has 38 heavy (non-hydrogen) atoms. The van der Waals surface area contributed by atoms with Gasteiger partial charge in [0.2, 0.25) is 5.88 Å². The molecule has 1 aliphatic carbocycles. The van der Waals surface area contributed by atoms with E-state index in [0.29, 0.717) is 54.5 Å². The fourth-order valence-corrected chi connectivity index (χ4v) is 4.01. The van der Waals surface area contributed by atoms with Crippen LogP contribution in [0.4, 0.5) is 10.5 Å². The smallest absolute Gasteiger partial charge is 0.473 e. The Hall–Kier alpha value is -4.62. The molecular formula is C24H26N6O8. The predicted molar refractivity (Wildman–Crippen MR) is 129 cm³/mol. The average molecular weight is 527 g/mol. The van der Waals surface area contributed by atoms with E-state index >= 15 is 0 Å². The predicted octanol–water partition coefficient (Wildman–Crippen LogP) is 3.31. The molecule has 200 valence electrons. The minimum absolute atomic E-state index is 0.0943. The van der Waals surface area contributed by atoms with Crippen LogP contribution in [-0.4, -0.2) is 54.7 Å². The van der Waals surface area contributed by atoms with Crippen LogP contribution in [0.5, 0.6) is 11.6 Å². The number of carbonyl (C=O) groups is 2. The molecule has 4 rings (SSSR count). The van der Waals surface area contributed by atoms with Crippen molar-refractivity contribution in [1.29, 1.82) is 0 Å². The Balaban J connectivity index is 1.38. The summed E-state index contributed by atoms with van der Waals surface area (Å²) >= 11 is 0. The van der Waals surface area contributed by atoms with Gasteiger partial charge in [-0.3, -0.25) is 14.9 Å². The van der Waals surface area contributed by atoms with E-state index in [1.807, 2.05) is 0 Å². The Morgan fingerprint density at radius 3 is 2.63 bits per heavy atom. The molecule has 0 bridgehead atoms. The Morgan fingerprint density at radius 2 is 1.95 bits per heavy atom. The van der Waals surface area contributed by atoms with Gasteiger partial charge >= 0.3 is 12.1 Å². The highest BCUT2D eigenvalue weighted by Gasteiger charge is 2.33. The van der Waals surface area contributed by atoms with E-state index < -0.39 is 11.1 Å². The Kier molecular flexibility index (Phi) is 8.09. The first kappa shape index (κ1) is 26.4. The molecule has 1 aliphatic rings. The number of esters is 1. The number of ether oxygens (including phenoxy) is 4. The van der Waals surface area contributed by atoms with Crippen molar-refractivity contribution in [3.8, 4) is 23.0 Å². The van der Waals surface area contributed by atoms with Gasteiger partial charge in [-0.25, -0.2) is 19.4 Å². The quantitative estimate of drug-likeness (QED) is 0.173. The molecular weight excluding hydrogens is 500 g/mol. The average Bonchev–Trinajstić information content (AvgIpc) is 3.51. The summed E-state index contributed by atoms with van der Waals surface area (Å²) in [6, 6.07) is 5.01. The molecule has 0 radical (unpaired) electrons. The van der Waals surface area contributed by atoms with E-state index in [1.165, 1.54) is 35.1 Å². The third-order valence-corrected chi connectivity index (χ3v) is 5.95. The highest BCUT2D eigenvalue weighted by Crippen LogP contribution is 2.31. The van der Waals surface area contributed by atoms with Crippen LogP contribution in [0.25, 0.3) is 11.4 Å². The molecule has 2 aromatic heterocycles. The number of nitro groups is 1. The van der Waals surface area contributed by atoms with E-state index in [9.17, 15) is 19.7 Å². The van der Waals surface area contributed by atoms with Gasteiger partial charge in [-0.2, -0.15) is 0 Å². The lowest BCUT2D eigenvalue weighted by atomic mass is 10.1. The van der Waals surface area contributed by atoms with Gasteiger partial charge in [0.15, 0.2) is 0 Å². The molecule has 0 saturated heterocycles. The zero-order valence-electron chi connectivity index (χ0n) is 21.0. The van der Waals surface area contributed by atoms with Crippen LogP contribution >= 0.6 is 0 Å². The maximum atomic E-state index is 12.1. The summed E-state index contributed by atoms with van der Waals surface area (Å²) in [4.78, 5) is 43.2. The van der Waals surface area contributed by atoms with Crippen molar-refractivity contribution in [2.75, 3.05) is 6.61 Å². The number of hydrogen-bond acceptors (Lipinski definition) is 12. The number of nitrogens with zero attached hydrogens (tertiary/aromatic N) is 6. The highest BCUT2D eigenvalue weighted by atomic mass is 16.7. The van der Waals surface area contributed by atoms with Crippen molar-refractivity contribution < 1.29 is 33.5 Å². The van der Waals surface area contributed by atoms with E-state index in [2.05, 4.69) is 20.3 Å². The number of aryl methyl sites for hydroxylation is 2. The van der Waals surface area contributed by atoms with Gasteiger partial charge in [-0.15, -0.1) is 5.10 Å². The Bertz CT molecular complexity index is 1330. The molecule has 0 N–H and O–H groups in total. The fraction of sp³-hybridized carbons (Fsp3) is 0.417. The van der Waals surface area contributed by atoms with Gasteiger partial charge in [-0.1, -0.05) is 5.21 Å². The fourth-order valence-electron chi connectivity index (χ4n) is 4.01. The van der Waals surface area contributed by atoms with Crippen LogP contribution in [0.2, 0.25) is 0 Å². The molecule has 14 heteroatoms. The number of benzene rings is 1. The summed E-state index contributed by atoms with van der Waals surface area (Å²) in [5.74, 6) is 0.0704. The second-order valence-corrected chi connectivity index (χ2v) is 8.55.